The van der Waals surface area contributed by atoms with Crippen LogP contribution in [0.2, 0.25) is 0 Å². The second-order valence-electron chi connectivity index (χ2n) is 4.86. The number of rotatable bonds is 7. The van der Waals surface area contributed by atoms with Crippen LogP contribution in [0.25, 0.3) is 0 Å². The van der Waals surface area contributed by atoms with Gasteiger partial charge in [-0.15, -0.1) is 0 Å². The highest BCUT2D eigenvalue weighted by molar-refractivity contribution is 4.79. The van der Waals surface area contributed by atoms with Crippen LogP contribution in [-0.4, -0.2) is 43.8 Å². The fourth-order valence-electron chi connectivity index (χ4n) is 2.56. The highest BCUT2D eigenvalue weighted by Crippen LogP contribution is 2.18. The molecule has 0 aromatic rings. The number of nitrogens with zero attached hydrogens (tertiary/aromatic N) is 1. The van der Waals surface area contributed by atoms with E-state index in [1.807, 2.05) is 7.11 Å². The second kappa shape index (κ2) is 8.04. The fraction of sp³-hybridized carbons (Fsp3) is 1.00. The fourth-order valence-corrected chi connectivity index (χ4v) is 2.56. The van der Waals surface area contributed by atoms with Crippen LogP contribution in [0.15, 0.2) is 0 Å². The summed E-state index contributed by atoms with van der Waals surface area (Å²) in [5.74, 6) is 0. The molecule has 0 amide bonds. The molecular formula is C13H28N2O. The molecule has 3 heteroatoms. The average molecular weight is 228 g/mol. The SMILES string of the molecule is CCCCCC(CN)N1CCC(OC)CC1. The second-order valence-corrected chi connectivity index (χ2v) is 4.86. The van der Waals surface area contributed by atoms with Gasteiger partial charge in [-0.05, 0) is 19.3 Å². The number of unbranched alkanes of at least 4 members (excludes halogenated alkanes) is 2. The van der Waals surface area contributed by atoms with Gasteiger partial charge in [-0.2, -0.15) is 0 Å². The van der Waals surface area contributed by atoms with Crippen molar-refractivity contribution < 1.29 is 4.74 Å². The molecule has 0 aromatic heterocycles. The molecule has 96 valence electrons. The summed E-state index contributed by atoms with van der Waals surface area (Å²) < 4.78 is 5.39. The molecule has 1 rings (SSSR count). The summed E-state index contributed by atoms with van der Waals surface area (Å²) >= 11 is 0. The van der Waals surface area contributed by atoms with E-state index in [0.717, 1.165) is 19.6 Å². The van der Waals surface area contributed by atoms with E-state index in [0.29, 0.717) is 12.1 Å². The summed E-state index contributed by atoms with van der Waals surface area (Å²) in [5.41, 5.74) is 5.88. The largest absolute Gasteiger partial charge is 0.381 e. The van der Waals surface area contributed by atoms with Crippen molar-refractivity contribution >= 4 is 0 Å². The number of hydrogen-bond acceptors (Lipinski definition) is 3. The van der Waals surface area contributed by atoms with Crippen LogP contribution in [0, 0.1) is 0 Å². The van der Waals surface area contributed by atoms with Crippen LogP contribution in [0.3, 0.4) is 0 Å². The van der Waals surface area contributed by atoms with Gasteiger partial charge < -0.3 is 10.5 Å². The average Bonchev–Trinajstić information content (AvgIpc) is 2.35. The van der Waals surface area contributed by atoms with Crippen molar-refractivity contribution in [1.82, 2.24) is 4.90 Å². The molecule has 1 saturated heterocycles. The van der Waals surface area contributed by atoms with E-state index >= 15 is 0 Å². The normalized spacial score (nSPS) is 21.2. The maximum atomic E-state index is 5.88. The standard InChI is InChI=1S/C13H28N2O/c1-3-4-5-6-12(11-14)15-9-7-13(16-2)8-10-15/h12-13H,3-11,14H2,1-2H3. The predicted molar refractivity (Wildman–Crippen MR) is 68.6 cm³/mol. The Morgan fingerprint density at radius 3 is 2.50 bits per heavy atom. The third-order valence-electron chi connectivity index (χ3n) is 3.74. The van der Waals surface area contributed by atoms with Crippen LogP contribution >= 0.6 is 0 Å². The first-order chi connectivity index (χ1) is 7.81. The molecule has 1 unspecified atom stereocenters. The Bertz CT molecular complexity index is 165. The van der Waals surface area contributed by atoms with E-state index in [9.17, 15) is 0 Å². The zero-order valence-electron chi connectivity index (χ0n) is 11.0. The van der Waals surface area contributed by atoms with Crippen LogP contribution in [0.1, 0.15) is 45.4 Å². The molecule has 0 saturated carbocycles. The van der Waals surface area contributed by atoms with Gasteiger partial charge in [-0.25, -0.2) is 0 Å². The predicted octanol–water partition coefficient (Wildman–Crippen LogP) is 2.00. The Balaban J connectivity index is 2.25. The van der Waals surface area contributed by atoms with Gasteiger partial charge in [0.1, 0.15) is 0 Å². The van der Waals surface area contributed by atoms with Crippen molar-refractivity contribution in [3.8, 4) is 0 Å². The maximum absolute atomic E-state index is 5.88. The quantitative estimate of drug-likeness (QED) is 0.677. The van der Waals surface area contributed by atoms with Gasteiger partial charge in [0.2, 0.25) is 0 Å². The van der Waals surface area contributed by atoms with E-state index in [1.54, 1.807) is 0 Å². The molecule has 0 radical (unpaired) electrons. The van der Waals surface area contributed by atoms with Gasteiger partial charge in [-0.3, -0.25) is 4.90 Å². The van der Waals surface area contributed by atoms with Crippen LogP contribution < -0.4 is 5.73 Å². The lowest BCUT2D eigenvalue weighted by atomic mass is 10.0. The summed E-state index contributed by atoms with van der Waals surface area (Å²) in [5, 5.41) is 0. The summed E-state index contributed by atoms with van der Waals surface area (Å²) in [6.07, 6.45) is 8.03. The van der Waals surface area contributed by atoms with Crippen molar-refractivity contribution in [1.29, 1.82) is 0 Å². The Morgan fingerprint density at radius 2 is 2.00 bits per heavy atom. The molecule has 0 spiro atoms. The van der Waals surface area contributed by atoms with Crippen LogP contribution in [0.5, 0.6) is 0 Å². The molecule has 16 heavy (non-hydrogen) atoms. The number of methoxy groups -OCH3 is 1. The van der Waals surface area contributed by atoms with Crippen molar-refractivity contribution in [2.75, 3.05) is 26.7 Å². The Kier molecular flexibility index (Phi) is 7.01. The zero-order chi connectivity index (χ0) is 11.8. The van der Waals surface area contributed by atoms with Crippen LogP contribution in [-0.2, 0) is 4.74 Å². The number of nitrogens with two attached hydrogens (primary N) is 1. The van der Waals surface area contributed by atoms with Gasteiger partial charge in [0.25, 0.3) is 0 Å². The molecule has 1 fully saturated rings. The summed E-state index contributed by atoms with van der Waals surface area (Å²) in [6.45, 7) is 5.38. The summed E-state index contributed by atoms with van der Waals surface area (Å²) in [6, 6.07) is 0.601. The van der Waals surface area contributed by atoms with Gasteiger partial charge in [0.05, 0.1) is 6.10 Å². The van der Waals surface area contributed by atoms with Crippen LogP contribution in [0.4, 0.5) is 0 Å². The first kappa shape index (κ1) is 13.9. The lowest BCUT2D eigenvalue weighted by Crippen LogP contribution is -2.46. The monoisotopic (exact) mass is 228 g/mol. The van der Waals surface area contributed by atoms with Crippen molar-refractivity contribution in [2.24, 2.45) is 5.73 Å². The lowest BCUT2D eigenvalue weighted by molar-refractivity contribution is 0.0267. The van der Waals surface area contributed by atoms with Gasteiger partial charge >= 0.3 is 0 Å². The van der Waals surface area contributed by atoms with Gasteiger partial charge in [0.15, 0.2) is 0 Å². The minimum atomic E-state index is 0.477. The first-order valence-electron chi connectivity index (χ1n) is 6.78. The van der Waals surface area contributed by atoms with Crippen molar-refractivity contribution in [2.45, 2.75) is 57.6 Å². The van der Waals surface area contributed by atoms with E-state index in [4.69, 9.17) is 10.5 Å². The zero-order valence-corrected chi connectivity index (χ0v) is 11.0. The minimum absolute atomic E-state index is 0.477. The molecular weight excluding hydrogens is 200 g/mol. The lowest BCUT2D eigenvalue weighted by Gasteiger charge is -2.36. The highest BCUT2D eigenvalue weighted by Gasteiger charge is 2.23. The Hall–Kier alpha value is -0.120. The molecule has 0 bridgehead atoms. The molecule has 2 N–H and O–H groups in total. The number of ether oxygens (including phenoxy) is 1. The Morgan fingerprint density at radius 1 is 1.31 bits per heavy atom. The molecule has 1 aliphatic rings. The van der Waals surface area contributed by atoms with Crippen molar-refractivity contribution in [3.05, 3.63) is 0 Å². The third kappa shape index (κ3) is 4.40. The summed E-state index contributed by atoms with van der Waals surface area (Å²) in [4.78, 5) is 2.56. The highest BCUT2D eigenvalue weighted by atomic mass is 16.5. The van der Waals surface area contributed by atoms with E-state index in [1.165, 1.54) is 38.5 Å². The molecule has 1 atom stereocenters. The topological polar surface area (TPSA) is 38.5 Å². The van der Waals surface area contributed by atoms with E-state index in [-0.39, 0.29) is 0 Å². The number of piperidine rings is 1. The van der Waals surface area contributed by atoms with Gasteiger partial charge in [0, 0.05) is 32.8 Å². The van der Waals surface area contributed by atoms with Crippen molar-refractivity contribution in [3.63, 3.8) is 0 Å². The molecule has 0 aromatic carbocycles. The number of hydrogen-bond donors (Lipinski definition) is 1. The maximum Gasteiger partial charge on any atom is 0.0595 e. The summed E-state index contributed by atoms with van der Waals surface area (Å²) in [7, 11) is 1.82. The molecule has 1 aliphatic heterocycles. The molecule has 0 aliphatic carbocycles. The Labute approximate surface area is 100 Å². The molecule has 3 nitrogen and oxygen atoms in total. The molecule has 1 heterocycles. The van der Waals surface area contributed by atoms with E-state index in [2.05, 4.69) is 11.8 Å². The smallest absolute Gasteiger partial charge is 0.0595 e. The third-order valence-corrected chi connectivity index (χ3v) is 3.74. The van der Waals surface area contributed by atoms with Gasteiger partial charge in [-0.1, -0.05) is 26.2 Å². The minimum Gasteiger partial charge on any atom is -0.381 e. The first-order valence-corrected chi connectivity index (χ1v) is 6.78. The van der Waals surface area contributed by atoms with E-state index < -0.39 is 0 Å². The number of likely N-dealkylation sites (tertiary alicyclic amines) is 1.